The molecule has 0 radical (unpaired) electrons. The van der Waals surface area contributed by atoms with Crippen LogP contribution in [0.2, 0.25) is 0 Å². The van der Waals surface area contributed by atoms with E-state index < -0.39 is 0 Å². The van der Waals surface area contributed by atoms with Crippen molar-refractivity contribution < 1.29 is 14.2 Å². The topological polar surface area (TPSA) is 65.8 Å². The number of ether oxygens (including phenoxy) is 3. The van der Waals surface area contributed by atoms with Crippen LogP contribution in [0, 0.1) is 0 Å². The average molecular weight is 387 g/mol. The molecule has 152 valence electrons. The molecule has 0 spiro atoms. The Morgan fingerprint density at radius 3 is 2.64 bits per heavy atom. The highest BCUT2D eigenvalue weighted by atomic mass is 16.5. The molecule has 1 aliphatic heterocycles. The van der Waals surface area contributed by atoms with E-state index in [1.54, 1.807) is 0 Å². The van der Waals surface area contributed by atoms with Gasteiger partial charge in [-0.15, -0.1) is 0 Å². The molecule has 1 atom stereocenters. The van der Waals surface area contributed by atoms with Crippen molar-refractivity contribution in [2.45, 2.75) is 39.0 Å². The molecule has 1 aliphatic rings. The van der Waals surface area contributed by atoms with Gasteiger partial charge < -0.3 is 19.1 Å². The van der Waals surface area contributed by atoms with Crippen LogP contribution in [0.1, 0.15) is 26.2 Å². The van der Waals surface area contributed by atoms with E-state index in [0.717, 1.165) is 24.3 Å². The molecular formula is C21H29N3O4. The van der Waals surface area contributed by atoms with Gasteiger partial charge >= 0.3 is 0 Å². The van der Waals surface area contributed by atoms with Crippen LogP contribution in [-0.2, 0) is 11.5 Å². The number of rotatable bonds is 9. The van der Waals surface area contributed by atoms with E-state index in [1.165, 1.54) is 44.5 Å². The SMILES string of the molecule is COCn1ncc(OC)c(-c2ccc(OCCCN3CCC[C@H]3C)cc2)c1=O. The second-order valence-electron chi connectivity index (χ2n) is 7.06. The van der Waals surface area contributed by atoms with Gasteiger partial charge in [0.05, 0.1) is 25.5 Å². The van der Waals surface area contributed by atoms with Crippen LogP contribution >= 0.6 is 0 Å². The summed E-state index contributed by atoms with van der Waals surface area (Å²) in [4.78, 5) is 15.2. The summed E-state index contributed by atoms with van der Waals surface area (Å²) in [5.74, 6) is 1.23. The van der Waals surface area contributed by atoms with Gasteiger partial charge in [0, 0.05) is 19.7 Å². The highest BCUT2D eigenvalue weighted by Crippen LogP contribution is 2.27. The first kappa shape index (κ1) is 20.4. The maximum atomic E-state index is 12.7. The van der Waals surface area contributed by atoms with Crippen molar-refractivity contribution in [3.05, 3.63) is 40.8 Å². The Morgan fingerprint density at radius 2 is 2.00 bits per heavy atom. The Hall–Kier alpha value is -2.38. The third-order valence-corrected chi connectivity index (χ3v) is 5.17. The minimum Gasteiger partial charge on any atom is -0.494 e. The highest BCUT2D eigenvalue weighted by molar-refractivity contribution is 5.69. The maximum absolute atomic E-state index is 12.7. The maximum Gasteiger partial charge on any atom is 0.280 e. The largest absolute Gasteiger partial charge is 0.494 e. The zero-order valence-electron chi connectivity index (χ0n) is 16.9. The van der Waals surface area contributed by atoms with Crippen molar-refractivity contribution in [3.63, 3.8) is 0 Å². The first-order valence-corrected chi connectivity index (χ1v) is 9.74. The Labute approximate surface area is 165 Å². The van der Waals surface area contributed by atoms with E-state index >= 15 is 0 Å². The van der Waals surface area contributed by atoms with Crippen LogP contribution in [-0.4, -0.2) is 54.6 Å². The van der Waals surface area contributed by atoms with Gasteiger partial charge in [-0.1, -0.05) is 12.1 Å². The van der Waals surface area contributed by atoms with Crippen LogP contribution in [0.3, 0.4) is 0 Å². The number of aromatic nitrogens is 2. The predicted octanol–water partition coefficient (Wildman–Crippen LogP) is 2.78. The van der Waals surface area contributed by atoms with Crippen LogP contribution in [0.25, 0.3) is 11.1 Å². The van der Waals surface area contributed by atoms with E-state index in [0.29, 0.717) is 24.0 Å². The zero-order chi connectivity index (χ0) is 19.9. The summed E-state index contributed by atoms with van der Waals surface area (Å²) in [6.45, 7) is 5.34. The Kier molecular flexibility index (Phi) is 7.06. The standard InChI is InChI=1S/C21H29N3O4/c1-16-6-4-11-23(16)12-5-13-28-18-9-7-17(8-10-18)20-19(27-3)14-22-24(15-26-2)21(20)25/h7-10,14,16H,4-6,11-13,15H2,1-3H3/t16-/m1/s1. The normalized spacial score (nSPS) is 17.0. The minimum absolute atomic E-state index is 0.0899. The van der Waals surface area contributed by atoms with Gasteiger partial charge in [0.15, 0.2) is 5.75 Å². The van der Waals surface area contributed by atoms with Gasteiger partial charge in [0.2, 0.25) is 0 Å². The first-order valence-electron chi connectivity index (χ1n) is 9.74. The molecule has 1 aromatic heterocycles. The van der Waals surface area contributed by atoms with E-state index in [9.17, 15) is 4.79 Å². The molecule has 0 bridgehead atoms. The Bertz CT molecular complexity index is 819. The predicted molar refractivity (Wildman–Crippen MR) is 108 cm³/mol. The average Bonchev–Trinajstić information content (AvgIpc) is 3.12. The van der Waals surface area contributed by atoms with E-state index in [4.69, 9.17) is 14.2 Å². The van der Waals surface area contributed by atoms with Crippen LogP contribution in [0.4, 0.5) is 0 Å². The fourth-order valence-corrected chi connectivity index (χ4v) is 3.61. The van der Waals surface area contributed by atoms with Crippen LogP contribution in [0.15, 0.2) is 35.3 Å². The molecule has 0 saturated carbocycles. The molecular weight excluding hydrogens is 358 g/mol. The molecule has 1 saturated heterocycles. The van der Waals surface area contributed by atoms with Gasteiger partial charge in [-0.25, -0.2) is 4.68 Å². The van der Waals surface area contributed by atoms with E-state index in [1.807, 2.05) is 24.3 Å². The molecule has 0 N–H and O–H groups in total. The minimum atomic E-state index is -0.255. The summed E-state index contributed by atoms with van der Waals surface area (Å²) in [7, 11) is 3.05. The summed E-state index contributed by atoms with van der Waals surface area (Å²) in [5.41, 5.74) is 0.964. The molecule has 1 aromatic carbocycles. The second kappa shape index (κ2) is 9.71. The fraction of sp³-hybridized carbons (Fsp3) is 0.524. The van der Waals surface area contributed by atoms with Crippen molar-refractivity contribution in [1.82, 2.24) is 14.7 Å². The van der Waals surface area contributed by atoms with Crippen molar-refractivity contribution >= 4 is 0 Å². The molecule has 0 unspecified atom stereocenters. The number of hydrogen-bond acceptors (Lipinski definition) is 6. The zero-order valence-corrected chi connectivity index (χ0v) is 16.9. The first-order chi connectivity index (χ1) is 13.6. The molecule has 0 aliphatic carbocycles. The number of likely N-dealkylation sites (tertiary alicyclic amines) is 1. The summed E-state index contributed by atoms with van der Waals surface area (Å²) in [5, 5.41) is 4.06. The van der Waals surface area contributed by atoms with Crippen molar-refractivity contribution in [2.24, 2.45) is 0 Å². The molecule has 0 amide bonds. The number of hydrogen-bond donors (Lipinski definition) is 0. The van der Waals surface area contributed by atoms with Crippen LogP contribution in [0.5, 0.6) is 11.5 Å². The molecule has 2 heterocycles. The summed E-state index contributed by atoms with van der Waals surface area (Å²) >= 11 is 0. The lowest BCUT2D eigenvalue weighted by Gasteiger charge is -2.20. The van der Waals surface area contributed by atoms with Gasteiger partial charge in [-0.05, 0) is 50.4 Å². The number of methoxy groups -OCH3 is 2. The van der Waals surface area contributed by atoms with Crippen LogP contribution < -0.4 is 15.0 Å². The number of benzene rings is 1. The molecule has 7 nitrogen and oxygen atoms in total. The molecule has 7 heteroatoms. The van der Waals surface area contributed by atoms with Gasteiger partial charge in [-0.2, -0.15) is 5.10 Å². The Morgan fingerprint density at radius 1 is 1.21 bits per heavy atom. The summed E-state index contributed by atoms with van der Waals surface area (Å²) in [6, 6.07) is 8.20. The van der Waals surface area contributed by atoms with E-state index in [-0.39, 0.29) is 12.3 Å². The lowest BCUT2D eigenvalue weighted by atomic mass is 10.1. The number of nitrogens with zero attached hydrogens (tertiary/aromatic N) is 3. The fourth-order valence-electron chi connectivity index (χ4n) is 3.61. The molecule has 1 fully saturated rings. The molecule has 2 aromatic rings. The third kappa shape index (κ3) is 4.72. The smallest absolute Gasteiger partial charge is 0.280 e. The van der Waals surface area contributed by atoms with Gasteiger partial charge in [0.25, 0.3) is 5.56 Å². The lowest BCUT2D eigenvalue weighted by molar-refractivity contribution is 0.116. The summed E-state index contributed by atoms with van der Waals surface area (Å²) < 4.78 is 17.5. The van der Waals surface area contributed by atoms with Gasteiger partial charge in [0.1, 0.15) is 12.5 Å². The lowest BCUT2D eigenvalue weighted by Crippen LogP contribution is -2.28. The second-order valence-corrected chi connectivity index (χ2v) is 7.06. The quantitative estimate of drug-likeness (QED) is 0.617. The molecule has 28 heavy (non-hydrogen) atoms. The van der Waals surface area contributed by atoms with Gasteiger partial charge in [-0.3, -0.25) is 4.79 Å². The summed E-state index contributed by atoms with van der Waals surface area (Å²) in [6.07, 6.45) is 5.13. The third-order valence-electron chi connectivity index (χ3n) is 5.17. The van der Waals surface area contributed by atoms with Crippen molar-refractivity contribution in [1.29, 1.82) is 0 Å². The van der Waals surface area contributed by atoms with E-state index in [2.05, 4.69) is 16.9 Å². The van der Waals surface area contributed by atoms with Crippen molar-refractivity contribution in [2.75, 3.05) is 33.9 Å². The molecule has 3 rings (SSSR count). The highest BCUT2D eigenvalue weighted by Gasteiger charge is 2.19. The van der Waals surface area contributed by atoms with Crippen molar-refractivity contribution in [3.8, 4) is 22.6 Å². The Balaban J connectivity index is 1.64. The monoisotopic (exact) mass is 387 g/mol.